The Morgan fingerprint density at radius 3 is 1.25 bits per heavy atom. The van der Waals surface area contributed by atoms with Gasteiger partial charge in [0.1, 0.15) is 0 Å². The molecule has 0 aromatic rings. The van der Waals surface area contributed by atoms with Gasteiger partial charge in [0.2, 0.25) is 0 Å². The second-order valence-electron chi connectivity index (χ2n) is 0.519. The molecule has 0 aliphatic carbocycles. The molecule has 8 heavy (non-hydrogen) atoms. The van der Waals surface area contributed by atoms with Crippen LogP contribution >= 0.6 is 0 Å². The summed E-state index contributed by atoms with van der Waals surface area (Å²) in [5.74, 6) is -0.833. The molecular weight excluding hydrogens is 156 g/mol. The van der Waals surface area contributed by atoms with Gasteiger partial charge in [0.25, 0.3) is 5.97 Å². The number of carbonyl (C=O) groups is 1. The smallest absolute Gasteiger partial charge is 2.00 e. The minimum atomic E-state index is -0.833. The Bertz CT molecular complexity index is 33.4. The Labute approximate surface area is 57.4 Å². The van der Waals surface area contributed by atoms with Crippen LogP contribution in [-0.4, -0.2) is 11.1 Å². The molecule has 48 valence electrons. The Kier molecular flexibility index (Phi) is 161. The van der Waals surface area contributed by atoms with Gasteiger partial charge in [0, 0.05) is 6.92 Å². The molecule has 0 saturated heterocycles. The zero-order chi connectivity index (χ0) is 3.58. The van der Waals surface area contributed by atoms with E-state index in [2.05, 4.69) is 0 Å². The fourth-order valence-electron chi connectivity index (χ4n) is 0. The van der Waals surface area contributed by atoms with Gasteiger partial charge in [-0.1, -0.05) is 0 Å². The van der Waals surface area contributed by atoms with Crippen LogP contribution in [0.15, 0.2) is 0 Å². The second kappa shape index (κ2) is 28.7. The first-order valence-corrected chi connectivity index (χ1v) is 0.928. The summed E-state index contributed by atoms with van der Waals surface area (Å²) in [6.45, 7) is 1.08. The molecule has 0 rings (SSSR count). The predicted octanol–water partition coefficient (Wildman–Crippen LogP) is -0.268. The fourth-order valence-corrected chi connectivity index (χ4v) is 0. The van der Waals surface area contributed by atoms with Crippen LogP contribution in [-0.2, 0) is 38.6 Å². The first-order chi connectivity index (χ1) is 1.73. The van der Waals surface area contributed by atoms with Gasteiger partial charge in [-0.05, 0) is 0 Å². The SMILES string of the molecule is CC(=O)O.[Cr+6].[O-2].[O-2].[O-2]. The molecule has 0 aromatic heterocycles. The molecule has 5 nitrogen and oxygen atoms in total. The summed E-state index contributed by atoms with van der Waals surface area (Å²) in [5, 5.41) is 7.42. The number of hydrogen-bond donors (Lipinski definition) is 1. The van der Waals surface area contributed by atoms with E-state index in [0.717, 1.165) is 6.92 Å². The quantitative estimate of drug-likeness (QED) is 0.524. The van der Waals surface area contributed by atoms with Crippen LogP contribution in [0.4, 0.5) is 0 Å². The van der Waals surface area contributed by atoms with Crippen LogP contribution in [0.2, 0.25) is 0 Å². The van der Waals surface area contributed by atoms with Gasteiger partial charge in [-0.15, -0.1) is 0 Å². The van der Waals surface area contributed by atoms with E-state index in [1.165, 1.54) is 0 Å². The van der Waals surface area contributed by atoms with Crippen LogP contribution in [0.1, 0.15) is 6.92 Å². The van der Waals surface area contributed by atoms with Crippen LogP contribution in [0.3, 0.4) is 0 Å². The zero-order valence-corrected chi connectivity index (χ0v) is 5.26. The van der Waals surface area contributed by atoms with Crippen LogP contribution in [0.5, 0.6) is 0 Å². The standard InChI is InChI=1S/C2H4O2.Cr.3O/c1-2(3)4;;;;/h1H3,(H,3,4);;;;/q;+6;3*-2. The Morgan fingerprint density at radius 1 is 1.25 bits per heavy atom. The maximum absolute atomic E-state index is 9.00. The topological polar surface area (TPSA) is 123 Å². The first-order valence-electron chi connectivity index (χ1n) is 0.928. The maximum atomic E-state index is 9.00. The van der Waals surface area contributed by atoms with Crippen molar-refractivity contribution in [3.05, 3.63) is 0 Å². The normalized spacial score (nSPS) is 3.12. The van der Waals surface area contributed by atoms with Crippen LogP contribution < -0.4 is 0 Å². The summed E-state index contributed by atoms with van der Waals surface area (Å²) in [7, 11) is 0. The molecule has 0 atom stereocenters. The monoisotopic (exact) mass is 160 g/mol. The van der Waals surface area contributed by atoms with E-state index in [9.17, 15) is 0 Å². The number of carboxylic acid groups (broad SMARTS) is 1. The van der Waals surface area contributed by atoms with Gasteiger partial charge in [-0.3, -0.25) is 4.79 Å². The molecule has 6 heteroatoms. The van der Waals surface area contributed by atoms with Gasteiger partial charge in [-0.2, -0.15) is 0 Å². The van der Waals surface area contributed by atoms with Gasteiger partial charge >= 0.3 is 17.4 Å². The number of hydrogen-bond acceptors (Lipinski definition) is 1. The molecule has 1 N–H and O–H groups in total. The van der Waals surface area contributed by atoms with Gasteiger partial charge < -0.3 is 21.5 Å². The van der Waals surface area contributed by atoms with Crippen molar-refractivity contribution >= 4 is 5.97 Å². The van der Waals surface area contributed by atoms with E-state index in [1.807, 2.05) is 0 Å². The maximum Gasteiger partial charge on any atom is 6.00 e. The van der Waals surface area contributed by atoms with Crippen LogP contribution in [0, 0.1) is 0 Å². The van der Waals surface area contributed by atoms with Crippen molar-refractivity contribution in [3.8, 4) is 0 Å². The Balaban J connectivity index is -0.00000000750. The van der Waals surface area contributed by atoms with Gasteiger partial charge in [-0.25, -0.2) is 0 Å². The van der Waals surface area contributed by atoms with Crippen molar-refractivity contribution < 1.29 is 43.7 Å². The molecule has 0 radical (unpaired) electrons. The molecule has 0 unspecified atom stereocenters. The molecule has 0 spiro atoms. The van der Waals surface area contributed by atoms with Crippen molar-refractivity contribution in [2.24, 2.45) is 0 Å². The number of aliphatic carboxylic acids is 1. The first kappa shape index (κ1) is 44.9. The van der Waals surface area contributed by atoms with Crippen LogP contribution in [0.25, 0.3) is 0 Å². The minimum Gasteiger partial charge on any atom is -2.00 e. The summed E-state index contributed by atoms with van der Waals surface area (Å²) in [6, 6.07) is 0. The predicted molar refractivity (Wildman–Crippen MR) is 15.4 cm³/mol. The van der Waals surface area contributed by atoms with Gasteiger partial charge in [0.15, 0.2) is 0 Å². The summed E-state index contributed by atoms with van der Waals surface area (Å²) >= 11 is 0. The fraction of sp³-hybridized carbons (Fsp3) is 0.500. The third-order valence-corrected chi connectivity index (χ3v) is 0. The average molecular weight is 160 g/mol. The van der Waals surface area contributed by atoms with E-state index >= 15 is 0 Å². The van der Waals surface area contributed by atoms with E-state index in [-0.39, 0.29) is 33.8 Å². The molecule has 0 saturated carbocycles. The van der Waals surface area contributed by atoms with Crippen molar-refractivity contribution in [2.45, 2.75) is 6.92 Å². The summed E-state index contributed by atoms with van der Waals surface area (Å²) < 4.78 is 0. The van der Waals surface area contributed by atoms with Gasteiger partial charge in [0.05, 0.1) is 0 Å². The van der Waals surface area contributed by atoms with Crippen molar-refractivity contribution in [1.82, 2.24) is 0 Å². The third-order valence-electron chi connectivity index (χ3n) is 0. The molecule has 0 aliphatic heterocycles. The largest absolute Gasteiger partial charge is 6.00 e. The second-order valence-corrected chi connectivity index (χ2v) is 0.519. The van der Waals surface area contributed by atoms with Crippen molar-refractivity contribution in [1.29, 1.82) is 0 Å². The summed E-state index contributed by atoms with van der Waals surface area (Å²) in [5.41, 5.74) is 0. The van der Waals surface area contributed by atoms with Crippen molar-refractivity contribution in [3.63, 3.8) is 0 Å². The Hall–Kier alpha value is -0.118. The molecule has 0 fully saturated rings. The van der Waals surface area contributed by atoms with E-state index in [4.69, 9.17) is 9.90 Å². The average Bonchev–Trinajstić information content (AvgIpc) is 0.811. The van der Waals surface area contributed by atoms with Crippen molar-refractivity contribution in [2.75, 3.05) is 0 Å². The molecule has 0 aliphatic rings. The molecular formula is C2H4CrO5. The third kappa shape index (κ3) is 10200. The summed E-state index contributed by atoms with van der Waals surface area (Å²) in [6.07, 6.45) is 0. The number of rotatable bonds is 0. The molecule has 0 heterocycles. The van der Waals surface area contributed by atoms with E-state index in [0.29, 0.717) is 0 Å². The Morgan fingerprint density at radius 2 is 1.25 bits per heavy atom. The zero-order valence-electron chi connectivity index (χ0n) is 3.99. The van der Waals surface area contributed by atoms with E-state index < -0.39 is 5.97 Å². The molecule has 0 bridgehead atoms. The molecule has 0 aromatic carbocycles. The molecule has 0 amide bonds. The number of carboxylic acids is 1. The van der Waals surface area contributed by atoms with E-state index in [1.54, 1.807) is 0 Å². The minimum absolute atomic E-state index is 0. The summed E-state index contributed by atoms with van der Waals surface area (Å²) in [4.78, 5) is 9.00.